The van der Waals surface area contributed by atoms with E-state index >= 15 is 0 Å². The topological polar surface area (TPSA) is 87.0 Å². The SMILES string of the molecule is Cc1cc(C(c2ccc(OCC(=O)O)cc2)c2cc(C)c(O)cc2C)c(C)cc1O. The molecule has 0 aliphatic carbocycles. The van der Waals surface area contributed by atoms with Crippen molar-refractivity contribution in [1.82, 2.24) is 0 Å². The molecular weight excluding hydrogens is 380 g/mol. The van der Waals surface area contributed by atoms with Crippen molar-refractivity contribution in [3.05, 3.63) is 87.5 Å². The maximum absolute atomic E-state index is 10.7. The molecule has 3 aromatic carbocycles. The highest BCUT2D eigenvalue weighted by atomic mass is 16.5. The zero-order valence-electron chi connectivity index (χ0n) is 17.6. The van der Waals surface area contributed by atoms with E-state index in [1.165, 1.54) is 0 Å². The largest absolute Gasteiger partial charge is 0.508 e. The van der Waals surface area contributed by atoms with Crippen LogP contribution in [0.2, 0.25) is 0 Å². The Hall–Kier alpha value is -3.47. The van der Waals surface area contributed by atoms with Crippen LogP contribution < -0.4 is 4.74 Å². The summed E-state index contributed by atoms with van der Waals surface area (Å²) >= 11 is 0. The third-order valence-electron chi connectivity index (χ3n) is 5.37. The first-order valence-corrected chi connectivity index (χ1v) is 9.72. The van der Waals surface area contributed by atoms with E-state index in [2.05, 4.69) is 0 Å². The molecule has 5 heteroatoms. The minimum atomic E-state index is -1.03. The van der Waals surface area contributed by atoms with Gasteiger partial charge < -0.3 is 20.1 Å². The Kier molecular flexibility index (Phi) is 6.01. The minimum absolute atomic E-state index is 0.128. The van der Waals surface area contributed by atoms with Crippen molar-refractivity contribution in [2.24, 2.45) is 0 Å². The number of benzene rings is 3. The molecule has 0 aromatic heterocycles. The van der Waals surface area contributed by atoms with Crippen molar-refractivity contribution in [2.45, 2.75) is 33.6 Å². The number of ether oxygens (including phenoxy) is 1. The van der Waals surface area contributed by atoms with E-state index < -0.39 is 12.6 Å². The standard InChI is InChI=1S/C25H26O5/c1-14-11-22(26)16(3)9-20(14)25(21-10-17(4)23(27)12-15(21)2)18-5-7-19(8-6-18)30-13-24(28)29/h5-12,25-27H,13H2,1-4H3,(H,28,29). The molecule has 0 fully saturated rings. The van der Waals surface area contributed by atoms with Crippen LogP contribution in [0.5, 0.6) is 17.2 Å². The second-order valence-electron chi connectivity index (χ2n) is 7.68. The number of hydrogen-bond acceptors (Lipinski definition) is 4. The van der Waals surface area contributed by atoms with Crippen molar-refractivity contribution in [3.63, 3.8) is 0 Å². The summed E-state index contributed by atoms with van der Waals surface area (Å²) in [5, 5.41) is 29.1. The number of phenolic OH excluding ortho intramolecular Hbond substituents is 2. The highest BCUT2D eigenvalue weighted by Crippen LogP contribution is 2.39. The van der Waals surface area contributed by atoms with Crippen LogP contribution in [0.25, 0.3) is 0 Å². The molecular formula is C25H26O5. The molecule has 30 heavy (non-hydrogen) atoms. The molecule has 0 amide bonds. The molecule has 0 aliphatic rings. The summed E-state index contributed by atoms with van der Waals surface area (Å²) in [5.41, 5.74) is 6.60. The third kappa shape index (κ3) is 4.40. The summed E-state index contributed by atoms with van der Waals surface area (Å²) in [5.74, 6) is -0.159. The van der Waals surface area contributed by atoms with Gasteiger partial charge in [-0.1, -0.05) is 24.3 Å². The molecule has 5 nitrogen and oxygen atoms in total. The van der Waals surface area contributed by atoms with E-state index in [0.29, 0.717) is 5.75 Å². The molecule has 3 N–H and O–H groups in total. The Morgan fingerprint density at radius 3 is 1.70 bits per heavy atom. The van der Waals surface area contributed by atoms with Crippen LogP contribution in [0.15, 0.2) is 48.5 Å². The zero-order valence-corrected chi connectivity index (χ0v) is 17.6. The predicted molar refractivity (Wildman–Crippen MR) is 116 cm³/mol. The third-order valence-corrected chi connectivity index (χ3v) is 5.37. The second kappa shape index (κ2) is 8.49. The number of phenols is 2. The van der Waals surface area contributed by atoms with Gasteiger partial charge in [-0.25, -0.2) is 4.79 Å². The lowest BCUT2D eigenvalue weighted by Crippen LogP contribution is -2.10. The van der Waals surface area contributed by atoms with Crippen LogP contribution in [-0.2, 0) is 4.79 Å². The zero-order chi connectivity index (χ0) is 22.0. The van der Waals surface area contributed by atoms with E-state index in [1.807, 2.05) is 52.0 Å². The Balaban J connectivity index is 2.15. The fourth-order valence-electron chi connectivity index (χ4n) is 3.70. The van der Waals surface area contributed by atoms with E-state index in [0.717, 1.165) is 38.9 Å². The number of aliphatic carboxylic acids is 1. The summed E-state index contributed by atoms with van der Waals surface area (Å²) in [7, 11) is 0. The van der Waals surface area contributed by atoms with Crippen molar-refractivity contribution in [1.29, 1.82) is 0 Å². The quantitative estimate of drug-likeness (QED) is 0.503. The number of carboxylic acid groups (broad SMARTS) is 1. The molecule has 0 heterocycles. The number of aromatic hydroxyl groups is 2. The molecule has 0 atom stereocenters. The first-order chi connectivity index (χ1) is 14.2. The average molecular weight is 406 g/mol. The van der Waals surface area contributed by atoms with Crippen molar-refractivity contribution in [3.8, 4) is 17.2 Å². The van der Waals surface area contributed by atoms with Crippen LogP contribution in [0.3, 0.4) is 0 Å². The maximum Gasteiger partial charge on any atom is 0.341 e. The summed E-state index contributed by atoms with van der Waals surface area (Å²) in [6.07, 6.45) is 0. The first kappa shape index (κ1) is 21.2. The Morgan fingerprint density at radius 2 is 1.27 bits per heavy atom. The highest BCUT2D eigenvalue weighted by Gasteiger charge is 2.22. The number of hydrogen-bond donors (Lipinski definition) is 3. The predicted octanol–water partition coefficient (Wildman–Crippen LogP) is 4.98. The lowest BCUT2D eigenvalue weighted by atomic mass is 9.80. The number of carbonyl (C=O) groups is 1. The molecule has 0 radical (unpaired) electrons. The fraction of sp³-hybridized carbons (Fsp3) is 0.240. The van der Waals surface area contributed by atoms with Gasteiger partial charge in [-0.2, -0.15) is 0 Å². The summed E-state index contributed by atoms with van der Waals surface area (Å²) < 4.78 is 5.27. The monoisotopic (exact) mass is 406 g/mol. The molecule has 3 rings (SSSR count). The molecule has 0 unspecified atom stereocenters. The highest BCUT2D eigenvalue weighted by molar-refractivity contribution is 5.68. The maximum atomic E-state index is 10.7. The summed E-state index contributed by atoms with van der Waals surface area (Å²) in [6, 6.07) is 14.9. The summed E-state index contributed by atoms with van der Waals surface area (Å²) in [4.78, 5) is 10.7. The lowest BCUT2D eigenvalue weighted by Gasteiger charge is -2.24. The van der Waals surface area contributed by atoms with Gasteiger partial charge in [0.25, 0.3) is 0 Å². The average Bonchev–Trinajstić information content (AvgIpc) is 2.69. The second-order valence-corrected chi connectivity index (χ2v) is 7.68. The van der Waals surface area contributed by atoms with Crippen LogP contribution in [-0.4, -0.2) is 27.9 Å². The minimum Gasteiger partial charge on any atom is -0.508 e. The molecule has 0 spiro atoms. The van der Waals surface area contributed by atoms with Crippen molar-refractivity contribution < 1.29 is 24.9 Å². The van der Waals surface area contributed by atoms with Gasteiger partial charge in [0.1, 0.15) is 17.2 Å². The molecule has 156 valence electrons. The van der Waals surface area contributed by atoms with Gasteiger partial charge in [-0.15, -0.1) is 0 Å². The fourth-order valence-corrected chi connectivity index (χ4v) is 3.70. The molecule has 0 saturated carbocycles. The van der Waals surface area contributed by atoms with Gasteiger partial charge >= 0.3 is 5.97 Å². The van der Waals surface area contributed by atoms with E-state index in [9.17, 15) is 15.0 Å². The number of carboxylic acids is 1. The number of aryl methyl sites for hydroxylation is 4. The molecule has 0 saturated heterocycles. The normalized spacial score (nSPS) is 11.0. The number of rotatable bonds is 6. The Morgan fingerprint density at radius 1 is 0.800 bits per heavy atom. The smallest absolute Gasteiger partial charge is 0.341 e. The van der Waals surface area contributed by atoms with Gasteiger partial charge in [0.2, 0.25) is 0 Å². The Bertz CT molecular complexity index is 1030. The van der Waals surface area contributed by atoms with Crippen LogP contribution in [0, 0.1) is 27.7 Å². The van der Waals surface area contributed by atoms with Crippen LogP contribution in [0.4, 0.5) is 0 Å². The molecule has 0 bridgehead atoms. The first-order valence-electron chi connectivity index (χ1n) is 9.72. The van der Waals surface area contributed by atoms with E-state index in [1.54, 1.807) is 24.3 Å². The van der Waals surface area contributed by atoms with Crippen LogP contribution in [0.1, 0.15) is 44.9 Å². The van der Waals surface area contributed by atoms with Gasteiger partial charge in [0, 0.05) is 5.92 Å². The van der Waals surface area contributed by atoms with Gasteiger partial charge in [-0.3, -0.25) is 0 Å². The van der Waals surface area contributed by atoms with E-state index in [4.69, 9.17) is 9.84 Å². The molecule has 3 aromatic rings. The van der Waals surface area contributed by atoms with Gasteiger partial charge in [0.15, 0.2) is 6.61 Å². The van der Waals surface area contributed by atoms with Crippen molar-refractivity contribution in [2.75, 3.05) is 6.61 Å². The van der Waals surface area contributed by atoms with Gasteiger partial charge in [-0.05, 0) is 90.9 Å². The van der Waals surface area contributed by atoms with Gasteiger partial charge in [0.05, 0.1) is 0 Å². The Labute approximate surface area is 176 Å². The van der Waals surface area contributed by atoms with E-state index in [-0.39, 0.29) is 17.4 Å². The van der Waals surface area contributed by atoms with Crippen LogP contribution >= 0.6 is 0 Å². The summed E-state index contributed by atoms with van der Waals surface area (Å²) in [6.45, 7) is 7.28. The van der Waals surface area contributed by atoms with Crippen molar-refractivity contribution >= 4 is 5.97 Å². The molecule has 0 aliphatic heterocycles. The lowest BCUT2D eigenvalue weighted by molar-refractivity contribution is -0.139.